The predicted octanol–water partition coefficient (Wildman–Crippen LogP) is -0.326. The summed E-state index contributed by atoms with van der Waals surface area (Å²) in [6.45, 7) is 14.3. The Kier molecular flexibility index (Phi) is 6.53. The topological polar surface area (TPSA) is 45.0 Å². The van der Waals surface area contributed by atoms with Crippen LogP contribution in [-0.2, 0) is 4.74 Å². The fraction of sp³-hybridized carbons (Fsp3) is 1.00. The van der Waals surface area contributed by atoms with Crippen molar-refractivity contribution >= 4 is 0 Å². The van der Waals surface area contributed by atoms with Gasteiger partial charge in [0.05, 0.1) is 12.7 Å². The summed E-state index contributed by atoms with van der Waals surface area (Å²) < 4.78 is 5.89. The largest absolute Gasteiger partial charge is 0.374 e. The van der Waals surface area contributed by atoms with E-state index in [1.165, 1.54) is 26.2 Å². The van der Waals surface area contributed by atoms with E-state index in [9.17, 15) is 0 Å². The third-order valence-electron chi connectivity index (χ3n) is 4.28. The first-order chi connectivity index (χ1) is 9.31. The molecule has 0 amide bonds. The van der Waals surface area contributed by atoms with Crippen molar-refractivity contribution in [1.82, 2.24) is 14.7 Å². The molecule has 0 saturated carbocycles. The molecule has 2 rings (SSSR count). The quantitative estimate of drug-likeness (QED) is 0.716. The van der Waals surface area contributed by atoms with Gasteiger partial charge in [-0.05, 0) is 26.1 Å². The smallest absolute Gasteiger partial charge is 0.0829 e. The minimum atomic E-state index is 0.407. The first kappa shape index (κ1) is 15.2. The van der Waals surface area contributed by atoms with Crippen LogP contribution < -0.4 is 5.73 Å². The van der Waals surface area contributed by atoms with Gasteiger partial charge in [0, 0.05) is 45.8 Å². The molecule has 0 aromatic heterocycles. The Labute approximate surface area is 117 Å². The van der Waals surface area contributed by atoms with E-state index in [0.717, 1.165) is 52.3 Å². The summed E-state index contributed by atoms with van der Waals surface area (Å²) in [7, 11) is 0. The molecule has 5 nitrogen and oxygen atoms in total. The molecular weight excluding hydrogens is 240 g/mol. The molecule has 2 heterocycles. The molecular formula is C14H30N4O. The van der Waals surface area contributed by atoms with Crippen LogP contribution in [0.25, 0.3) is 0 Å². The van der Waals surface area contributed by atoms with Crippen molar-refractivity contribution in [3.8, 4) is 0 Å². The fourth-order valence-electron chi connectivity index (χ4n) is 2.98. The number of ether oxygens (including phenoxy) is 1. The number of hydrogen-bond donors (Lipinski definition) is 1. The van der Waals surface area contributed by atoms with Gasteiger partial charge in [0.15, 0.2) is 0 Å². The summed E-state index contributed by atoms with van der Waals surface area (Å²) in [5.41, 5.74) is 5.56. The molecule has 0 bridgehead atoms. The molecule has 2 saturated heterocycles. The van der Waals surface area contributed by atoms with E-state index in [2.05, 4.69) is 21.6 Å². The van der Waals surface area contributed by atoms with Crippen molar-refractivity contribution in [1.29, 1.82) is 0 Å². The molecule has 0 aromatic rings. The molecule has 2 fully saturated rings. The van der Waals surface area contributed by atoms with Gasteiger partial charge in [-0.3, -0.25) is 9.80 Å². The second-order valence-electron chi connectivity index (χ2n) is 5.67. The van der Waals surface area contributed by atoms with Crippen molar-refractivity contribution in [2.24, 2.45) is 5.73 Å². The van der Waals surface area contributed by atoms with Gasteiger partial charge < -0.3 is 15.4 Å². The molecule has 0 radical (unpaired) electrons. The maximum Gasteiger partial charge on any atom is 0.0829 e. The van der Waals surface area contributed by atoms with E-state index in [1.807, 2.05) is 0 Å². The number of rotatable bonds is 6. The third kappa shape index (κ3) is 5.00. The average Bonchev–Trinajstić information content (AvgIpc) is 2.47. The molecule has 0 spiro atoms. The Balaban J connectivity index is 1.64. The van der Waals surface area contributed by atoms with E-state index >= 15 is 0 Å². The van der Waals surface area contributed by atoms with Crippen LogP contribution in [0.4, 0.5) is 0 Å². The lowest BCUT2D eigenvalue weighted by molar-refractivity contribution is -0.0467. The lowest BCUT2D eigenvalue weighted by Crippen LogP contribution is -2.52. The van der Waals surface area contributed by atoms with Gasteiger partial charge >= 0.3 is 0 Å². The Morgan fingerprint density at radius 3 is 2.47 bits per heavy atom. The summed E-state index contributed by atoms with van der Waals surface area (Å²) >= 11 is 0. The number of piperazine rings is 1. The molecule has 2 aliphatic heterocycles. The molecule has 5 heteroatoms. The summed E-state index contributed by atoms with van der Waals surface area (Å²) in [5, 5.41) is 0. The second kappa shape index (κ2) is 8.17. The Bertz CT molecular complexity index is 244. The molecule has 2 N–H and O–H groups in total. The highest BCUT2D eigenvalue weighted by Gasteiger charge is 2.24. The van der Waals surface area contributed by atoms with Crippen LogP contribution in [0.2, 0.25) is 0 Å². The monoisotopic (exact) mass is 270 g/mol. The van der Waals surface area contributed by atoms with Gasteiger partial charge in [-0.1, -0.05) is 6.92 Å². The normalized spacial score (nSPS) is 27.8. The lowest BCUT2D eigenvalue weighted by Gasteiger charge is -2.39. The predicted molar refractivity (Wildman–Crippen MR) is 78.4 cm³/mol. The number of morpholine rings is 1. The van der Waals surface area contributed by atoms with Crippen LogP contribution in [0.5, 0.6) is 0 Å². The standard InChI is InChI=1S/C14H30N4O/c1-2-16-10-11-19-14(12-16)13-18-8-6-17(7-9-18)5-3-4-15/h14H,2-13,15H2,1H3. The first-order valence-electron chi connectivity index (χ1n) is 7.80. The summed E-state index contributed by atoms with van der Waals surface area (Å²) in [5.74, 6) is 0. The van der Waals surface area contributed by atoms with Crippen molar-refractivity contribution in [2.45, 2.75) is 19.4 Å². The van der Waals surface area contributed by atoms with Gasteiger partial charge in [0.2, 0.25) is 0 Å². The summed E-state index contributed by atoms with van der Waals surface area (Å²) in [6, 6.07) is 0. The van der Waals surface area contributed by atoms with Gasteiger partial charge in [0.1, 0.15) is 0 Å². The van der Waals surface area contributed by atoms with Gasteiger partial charge in [-0.15, -0.1) is 0 Å². The molecule has 1 unspecified atom stereocenters. The minimum Gasteiger partial charge on any atom is -0.374 e. The second-order valence-corrected chi connectivity index (χ2v) is 5.67. The molecule has 0 aromatic carbocycles. The first-order valence-corrected chi connectivity index (χ1v) is 7.80. The number of nitrogens with two attached hydrogens (primary N) is 1. The highest BCUT2D eigenvalue weighted by molar-refractivity contribution is 4.78. The average molecular weight is 270 g/mol. The number of likely N-dealkylation sites (N-methyl/N-ethyl adjacent to an activating group) is 1. The van der Waals surface area contributed by atoms with Crippen LogP contribution in [0.1, 0.15) is 13.3 Å². The molecule has 1 atom stereocenters. The zero-order chi connectivity index (χ0) is 13.5. The highest BCUT2D eigenvalue weighted by atomic mass is 16.5. The van der Waals surface area contributed by atoms with Crippen LogP contribution in [0.3, 0.4) is 0 Å². The van der Waals surface area contributed by atoms with Crippen LogP contribution in [0, 0.1) is 0 Å². The fourth-order valence-corrected chi connectivity index (χ4v) is 2.98. The van der Waals surface area contributed by atoms with Crippen molar-refractivity contribution in [3.05, 3.63) is 0 Å². The number of hydrogen-bond acceptors (Lipinski definition) is 5. The SMILES string of the molecule is CCN1CCOC(CN2CCN(CCCN)CC2)C1. The van der Waals surface area contributed by atoms with E-state index < -0.39 is 0 Å². The zero-order valence-electron chi connectivity index (χ0n) is 12.4. The molecule has 2 aliphatic rings. The summed E-state index contributed by atoms with van der Waals surface area (Å²) in [6.07, 6.45) is 1.53. The van der Waals surface area contributed by atoms with E-state index in [-0.39, 0.29) is 0 Å². The van der Waals surface area contributed by atoms with Gasteiger partial charge in [-0.2, -0.15) is 0 Å². The maximum atomic E-state index is 5.89. The van der Waals surface area contributed by atoms with Crippen molar-refractivity contribution < 1.29 is 4.74 Å². The maximum absolute atomic E-state index is 5.89. The van der Waals surface area contributed by atoms with E-state index in [1.54, 1.807) is 0 Å². The van der Waals surface area contributed by atoms with Crippen LogP contribution in [-0.4, -0.2) is 92.9 Å². The molecule has 112 valence electrons. The third-order valence-corrected chi connectivity index (χ3v) is 4.28. The number of nitrogens with zero attached hydrogens (tertiary/aromatic N) is 3. The van der Waals surface area contributed by atoms with Crippen molar-refractivity contribution in [2.75, 3.05) is 72.1 Å². The summed E-state index contributed by atoms with van der Waals surface area (Å²) in [4.78, 5) is 7.58. The molecule has 19 heavy (non-hydrogen) atoms. The van der Waals surface area contributed by atoms with Gasteiger partial charge in [0.25, 0.3) is 0 Å². The Hall–Kier alpha value is -0.200. The zero-order valence-corrected chi connectivity index (χ0v) is 12.4. The Morgan fingerprint density at radius 2 is 1.79 bits per heavy atom. The van der Waals surface area contributed by atoms with Gasteiger partial charge in [-0.25, -0.2) is 0 Å². The van der Waals surface area contributed by atoms with Crippen molar-refractivity contribution in [3.63, 3.8) is 0 Å². The van der Waals surface area contributed by atoms with E-state index in [4.69, 9.17) is 10.5 Å². The van der Waals surface area contributed by atoms with Crippen LogP contribution >= 0.6 is 0 Å². The minimum absolute atomic E-state index is 0.407. The lowest BCUT2D eigenvalue weighted by atomic mass is 10.2. The Morgan fingerprint density at radius 1 is 1.05 bits per heavy atom. The van der Waals surface area contributed by atoms with E-state index in [0.29, 0.717) is 6.10 Å². The highest BCUT2D eigenvalue weighted by Crippen LogP contribution is 2.09. The van der Waals surface area contributed by atoms with Crippen LogP contribution in [0.15, 0.2) is 0 Å². The molecule has 0 aliphatic carbocycles.